The van der Waals surface area contributed by atoms with E-state index >= 15 is 4.39 Å². The number of benzene rings is 2. The lowest BCUT2D eigenvalue weighted by atomic mass is 9.82. The molecule has 22 nitrogen and oxygen atoms in total. The molecule has 0 aliphatic carbocycles. The van der Waals surface area contributed by atoms with Crippen LogP contribution in [0, 0.1) is 23.0 Å². The molecule has 3 heterocycles. The van der Waals surface area contributed by atoms with Crippen LogP contribution >= 0.6 is 0 Å². The lowest BCUT2D eigenvalue weighted by molar-refractivity contribution is -0.197. The summed E-state index contributed by atoms with van der Waals surface area (Å²) >= 11 is 0. The second kappa shape index (κ2) is 30.3. The quantitative estimate of drug-likeness (QED) is 0.0310. The minimum absolute atomic E-state index is 0.0339. The van der Waals surface area contributed by atoms with Crippen LogP contribution in [0.2, 0.25) is 0 Å². The number of nitrogens with zero attached hydrogens (tertiary/aromatic N) is 4. The van der Waals surface area contributed by atoms with Gasteiger partial charge in [0.25, 0.3) is 11.8 Å². The number of ketones is 2. The number of amides is 8. The molecule has 0 saturated carbocycles. The highest BCUT2D eigenvalue weighted by Gasteiger charge is 2.39. The highest BCUT2D eigenvalue weighted by Crippen LogP contribution is 2.41. The molecule has 440 valence electrons. The van der Waals surface area contributed by atoms with Crippen LogP contribution in [0.5, 0.6) is 0 Å². The van der Waals surface area contributed by atoms with E-state index in [4.69, 9.17) is 10.6 Å². The van der Waals surface area contributed by atoms with Gasteiger partial charge in [-0.1, -0.05) is 58.0 Å². The molecule has 1 saturated heterocycles. The van der Waals surface area contributed by atoms with Gasteiger partial charge in [-0.05, 0) is 79.1 Å². The number of aliphatic hydroxyl groups excluding tert-OH is 1. The van der Waals surface area contributed by atoms with Gasteiger partial charge in [0.15, 0.2) is 5.78 Å². The average Bonchev–Trinajstić information content (AvgIpc) is 4.21. The molecule has 24 heteroatoms. The van der Waals surface area contributed by atoms with Gasteiger partial charge in [-0.2, -0.15) is 0 Å². The summed E-state index contributed by atoms with van der Waals surface area (Å²) < 4.78 is 31.9. The van der Waals surface area contributed by atoms with Crippen LogP contribution in [-0.4, -0.2) is 127 Å². The summed E-state index contributed by atoms with van der Waals surface area (Å²) in [6, 6.07) is 11.8. The molecular formula is C58H71F2N9O13. The second-order valence-electron chi connectivity index (χ2n) is 21.2. The summed E-state index contributed by atoms with van der Waals surface area (Å²) in [6.45, 7) is 6.95. The van der Waals surface area contributed by atoms with Crippen molar-refractivity contribution in [1.82, 2.24) is 40.8 Å². The number of carbonyl (C=O) groups excluding carboxylic acids is 11. The summed E-state index contributed by atoms with van der Waals surface area (Å²) in [4.78, 5) is 153. The van der Waals surface area contributed by atoms with Gasteiger partial charge in [0, 0.05) is 99.5 Å². The molecule has 1 fully saturated rings. The molecular weight excluding hydrogens is 1070 g/mol. The van der Waals surface area contributed by atoms with E-state index < -0.39 is 126 Å². The largest absolute Gasteiger partial charge is 0.387 e. The predicted molar refractivity (Wildman–Crippen MR) is 291 cm³/mol. The molecule has 5 atom stereocenters. The van der Waals surface area contributed by atoms with Crippen LogP contribution in [-0.2, 0) is 70.5 Å². The van der Waals surface area contributed by atoms with Gasteiger partial charge in [-0.3, -0.25) is 52.9 Å². The van der Waals surface area contributed by atoms with Crippen molar-refractivity contribution in [2.45, 2.75) is 136 Å². The van der Waals surface area contributed by atoms with E-state index in [1.165, 1.54) is 31.1 Å². The first-order chi connectivity index (χ1) is 38.8. The molecule has 0 bridgehead atoms. The number of aliphatic hydroxyl groups is 1. The Bertz CT molecular complexity index is 2950. The lowest BCUT2D eigenvalue weighted by Gasteiger charge is -2.41. The summed E-state index contributed by atoms with van der Waals surface area (Å²) in [5.74, 6) is -10.6. The number of nitrogens with one attached hydrogen (secondary N) is 4. The van der Waals surface area contributed by atoms with Crippen LogP contribution in [0.1, 0.15) is 122 Å². The van der Waals surface area contributed by atoms with Gasteiger partial charge in [0.1, 0.15) is 36.1 Å². The Kier molecular flexibility index (Phi) is 23.8. The van der Waals surface area contributed by atoms with Crippen LogP contribution < -0.4 is 27.0 Å². The van der Waals surface area contributed by atoms with Crippen molar-refractivity contribution in [1.29, 1.82) is 0 Å². The third-order valence-corrected chi connectivity index (χ3v) is 13.5. The SMILES string of the molecule is C[C@H](NC(=O)Cc1ccncc1)C(=O)C[C@H](C)C(=O)N[C@@H](CC(N)=O)C(=O)N[C@@H](CCN(C(=O)CO)[C@@H](c1cc(-c2cc(F)ccc2F)cn1Cc1ccccc1)C(C)(C)C)C(=O)NCCCC(=O)CCCC(=O)ON1C(=O)CCC1=O. The van der Waals surface area contributed by atoms with E-state index in [2.05, 4.69) is 26.3 Å². The number of imide groups is 1. The van der Waals surface area contributed by atoms with E-state index in [9.17, 15) is 62.2 Å². The first kappa shape index (κ1) is 64.3. The van der Waals surface area contributed by atoms with E-state index in [0.717, 1.165) is 23.8 Å². The Morgan fingerprint density at radius 3 is 2.10 bits per heavy atom. The lowest BCUT2D eigenvalue weighted by Crippen LogP contribution is -2.56. The fraction of sp³-hybridized carbons (Fsp3) is 0.448. The number of hydroxylamine groups is 2. The maximum absolute atomic E-state index is 15.4. The Balaban J connectivity index is 1.37. The van der Waals surface area contributed by atoms with Gasteiger partial charge in [-0.15, -0.1) is 5.06 Å². The maximum atomic E-state index is 15.4. The van der Waals surface area contributed by atoms with Crippen LogP contribution in [0.3, 0.4) is 0 Å². The predicted octanol–water partition coefficient (Wildman–Crippen LogP) is 3.61. The second-order valence-corrected chi connectivity index (χ2v) is 21.2. The molecule has 0 spiro atoms. The van der Waals surface area contributed by atoms with Gasteiger partial charge in [0.2, 0.25) is 35.4 Å². The van der Waals surface area contributed by atoms with Gasteiger partial charge in [0.05, 0.1) is 24.9 Å². The van der Waals surface area contributed by atoms with E-state index in [1.807, 2.05) is 51.1 Å². The number of hydrogen-bond donors (Lipinski definition) is 6. The Morgan fingerprint density at radius 1 is 0.793 bits per heavy atom. The number of halogens is 2. The standard InChI is InChI=1S/C58H71F2N9O13/c1-35(27-47(72)36(2)64-49(74)28-37-20-24-62-25-21-37)55(79)66-45(31-48(61)73)57(81)65-44(56(80)63-23-10-14-41(71)13-9-15-53(78)82-69-50(75)18-19-51(69)76)22-26-68(52(77)34-70)54(58(3,4)5)46-29-39(42-30-40(59)16-17-43(42)60)33-67(46)32-38-11-7-6-8-12-38/h6-8,11-12,16-17,20-21,24-25,29-30,33,35-36,44-45,54,70H,9-10,13-15,18-19,22-23,26-28,31-32,34H2,1-5H3,(H2,61,73)(H,63,80)(H,64,74)(H,65,81)(H,66,79)/t35-,36-,44-,45-,54-/m0/s1. The Hall–Kier alpha value is -8.54. The minimum Gasteiger partial charge on any atom is -0.387 e. The molecule has 2 aromatic heterocycles. The summed E-state index contributed by atoms with van der Waals surface area (Å²) in [5.41, 5.74) is 6.75. The normalized spacial score (nSPS) is 14.2. The molecule has 7 N–H and O–H groups in total. The monoisotopic (exact) mass is 1140 g/mol. The van der Waals surface area contributed by atoms with Crippen molar-refractivity contribution >= 4 is 64.8 Å². The zero-order chi connectivity index (χ0) is 60.3. The molecule has 2 aromatic carbocycles. The van der Waals surface area contributed by atoms with E-state index in [1.54, 1.807) is 29.0 Å². The molecule has 0 radical (unpaired) electrons. The number of hydrogen-bond acceptors (Lipinski definition) is 14. The maximum Gasteiger partial charge on any atom is 0.333 e. The zero-order valence-electron chi connectivity index (χ0n) is 46.5. The zero-order valence-corrected chi connectivity index (χ0v) is 46.5. The number of rotatable bonds is 31. The average molecular weight is 1140 g/mol. The fourth-order valence-corrected chi connectivity index (χ4v) is 9.25. The molecule has 1 aliphatic heterocycles. The number of carbonyl (C=O) groups is 11. The van der Waals surface area contributed by atoms with Gasteiger partial charge in [-0.25, -0.2) is 13.6 Å². The number of Topliss-reactive ketones (excluding diaryl/α,β-unsaturated/α-hetero) is 2. The number of pyridine rings is 1. The van der Waals surface area contributed by atoms with Crippen molar-refractivity contribution < 1.29 is 71.5 Å². The summed E-state index contributed by atoms with van der Waals surface area (Å²) in [5, 5.41) is 21.2. The summed E-state index contributed by atoms with van der Waals surface area (Å²) in [6.07, 6.45) is 2.60. The first-order valence-corrected chi connectivity index (χ1v) is 26.9. The van der Waals surface area contributed by atoms with Crippen molar-refractivity contribution in [3.05, 3.63) is 114 Å². The van der Waals surface area contributed by atoms with Crippen molar-refractivity contribution in [3.8, 4) is 11.1 Å². The van der Waals surface area contributed by atoms with Crippen LogP contribution in [0.15, 0.2) is 85.3 Å². The highest BCUT2D eigenvalue weighted by molar-refractivity contribution is 6.01. The van der Waals surface area contributed by atoms with Crippen molar-refractivity contribution in [2.24, 2.45) is 17.1 Å². The van der Waals surface area contributed by atoms with E-state index in [0.29, 0.717) is 16.3 Å². The molecule has 82 heavy (non-hydrogen) atoms. The minimum atomic E-state index is -1.71. The van der Waals surface area contributed by atoms with E-state index in [-0.39, 0.29) is 94.3 Å². The molecule has 4 aromatic rings. The number of nitrogens with two attached hydrogens (primary N) is 1. The molecule has 8 amide bonds. The smallest absolute Gasteiger partial charge is 0.333 e. The molecule has 1 aliphatic rings. The van der Waals surface area contributed by atoms with Crippen LogP contribution in [0.25, 0.3) is 11.1 Å². The Morgan fingerprint density at radius 2 is 1.45 bits per heavy atom. The topological polar surface area (TPSA) is 316 Å². The summed E-state index contributed by atoms with van der Waals surface area (Å²) in [7, 11) is 0. The van der Waals surface area contributed by atoms with Gasteiger partial charge < -0.3 is 46.4 Å². The first-order valence-electron chi connectivity index (χ1n) is 26.9. The Labute approximate surface area is 473 Å². The van der Waals surface area contributed by atoms with Gasteiger partial charge >= 0.3 is 5.97 Å². The third-order valence-electron chi connectivity index (χ3n) is 13.5. The number of aromatic nitrogens is 2. The number of primary amides is 1. The highest BCUT2D eigenvalue weighted by atomic mass is 19.1. The molecule has 0 unspecified atom stereocenters. The third kappa shape index (κ3) is 19.3. The molecule has 5 rings (SSSR count). The van der Waals surface area contributed by atoms with Crippen molar-refractivity contribution in [3.63, 3.8) is 0 Å². The van der Waals surface area contributed by atoms with Crippen LogP contribution in [0.4, 0.5) is 8.78 Å². The fourth-order valence-electron chi connectivity index (χ4n) is 9.25. The van der Waals surface area contributed by atoms with Crippen molar-refractivity contribution in [2.75, 3.05) is 19.7 Å².